The van der Waals surface area contributed by atoms with E-state index in [1.807, 2.05) is 36.4 Å². The Kier molecular flexibility index (Phi) is 4.31. The fourth-order valence-corrected chi connectivity index (χ4v) is 3.29. The van der Waals surface area contributed by atoms with Gasteiger partial charge in [0.1, 0.15) is 11.9 Å². The Labute approximate surface area is 154 Å². The van der Waals surface area contributed by atoms with Crippen LogP contribution in [-0.2, 0) is 4.74 Å². The number of halogens is 2. The standard InChI is InChI=1S/C20H14ClFN2O2/c21-16-4-2-1-3-15(16)13-9-10-23-17(11-13)18-19(26-20(25)24-18)12-5-7-14(22)8-6-12/h1-11,18-19H,(H,24,25)/t18-,19-/m0/s1. The van der Waals surface area contributed by atoms with E-state index in [0.29, 0.717) is 16.3 Å². The number of pyridine rings is 1. The molecule has 2 atom stereocenters. The molecule has 0 radical (unpaired) electrons. The van der Waals surface area contributed by atoms with Gasteiger partial charge in [-0.3, -0.25) is 4.98 Å². The monoisotopic (exact) mass is 368 g/mol. The predicted molar refractivity (Wildman–Crippen MR) is 96.2 cm³/mol. The lowest BCUT2D eigenvalue weighted by molar-refractivity contribution is 0.132. The quantitative estimate of drug-likeness (QED) is 0.702. The number of nitrogens with zero attached hydrogens (tertiary/aromatic N) is 1. The highest BCUT2D eigenvalue weighted by Gasteiger charge is 2.37. The van der Waals surface area contributed by atoms with Crippen molar-refractivity contribution in [1.82, 2.24) is 10.3 Å². The first-order valence-corrected chi connectivity index (χ1v) is 8.43. The topological polar surface area (TPSA) is 51.2 Å². The maximum absolute atomic E-state index is 13.2. The van der Waals surface area contributed by atoms with Crippen LogP contribution in [0.2, 0.25) is 5.02 Å². The number of carbonyl (C=O) groups is 1. The van der Waals surface area contributed by atoms with E-state index in [0.717, 1.165) is 11.1 Å². The molecule has 1 aliphatic heterocycles. The predicted octanol–water partition coefficient (Wildman–Crippen LogP) is 5.06. The number of ether oxygens (including phenoxy) is 1. The van der Waals surface area contributed by atoms with E-state index in [2.05, 4.69) is 10.3 Å². The SMILES string of the molecule is O=C1N[C@@H](c2cc(-c3ccccc3Cl)ccn2)[C@H](c2ccc(F)cc2)O1. The van der Waals surface area contributed by atoms with Crippen molar-refractivity contribution >= 4 is 17.7 Å². The molecule has 0 unspecified atom stereocenters. The molecule has 1 fully saturated rings. The van der Waals surface area contributed by atoms with E-state index in [9.17, 15) is 9.18 Å². The molecule has 1 aliphatic rings. The highest BCUT2D eigenvalue weighted by Crippen LogP contribution is 2.37. The molecular formula is C20H14ClFN2O2. The molecule has 0 spiro atoms. The molecule has 0 aliphatic carbocycles. The number of hydrogen-bond donors (Lipinski definition) is 1. The van der Waals surface area contributed by atoms with Gasteiger partial charge in [0.25, 0.3) is 0 Å². The molecule has 26 heavy (non-hydrogen) atoms. The molecule has 130 valence electrons. The summed E-state index contributed by atoms with van der Waals surface area (Å²) in [7, 11) is 0. The van der Waals surface area contributed by atoms with E-state index in [1.165, 1.54) is 12.1 Å². The van der Waals surface area contributed by atoms with Gasteiger partial charge in [0.15, 0.2) is 6.10 Å². The minimum atomic E-state index is -0.586. The second kappa shape index (κ2) is 6.77. The van der Waals surface area contributed by atoms with E-state index < -0.39 is 18.2 Å². The largest absolute Gasteiger partial charge is 0.439 e. The van der Waals surface area contributed by atoms with Crippen LogP contribution >= 0.6 is 11.6 Å². The third-order valence-electron chi connectivity index (χ3n) is 4.29. The van der Waals surface area contributed by atoms with Crippen LogP contribution in [0.15, 0.2) is 66.9 Å². The Morgan fingerprint density at radius 1 is 1.08 bits per heavy atom. The normalized spacial score (nSPS) is 19.1. The number of hydrogen-bond acceptors (Lipinski definition) is 3. The number of aromatic nitrogens is 1. The zero-order chi connectivity index (χ0) is 18.1. The number of cyclic esters (lactones) is 1. The van der Waals surface area contributed by atoms with Gasteiger partial charge in [-0.15, -0.1) is 0 Å². The minimum Gasteiger partial charge on any atom is -0.439 e. The molecule has 2 aromatic carbocycles. The first-order chi connectivity index (χ1) is 12.6. The van der Waals surface area contributed by atoms with Crippen LogP contribution in [0, 0.1) is 5.82 Å². The summed E-state index contributed by atoms with van der Waals surface area (Å²) in [6.07, 6.45) is 0.548. The summed E-state index contributed by atoms with van der Waals surface area (Å²) in [5.41, 5.74) is 3.10. The van der Waals surface area contributed by atoms with E-state index >= 15 is 0 Å². The molecule has 6 heteroatoms. The lowest BCUT2D eigenvalue weighted by Crippen LogP contribution is -2.20. The summed E-state index contributed by atoms with van der Waals surface area (Å²) in [5.74, 6) is -0.346. The highest BCUT2D eigenvalue weighted by atomic mass is 35.5. The van der Waals surface area contributed by atoms with Crippen molar-refractivity contribution in [2.24, 2.45) is 0 Å². The van der Waals surface area contributed by atoms with Gasteiger partial charge in [-0.1, -0.05) is 41.9 Å². The fraction of sp³-hybridized carbons (Fsp3) is 0.100. The van der Waals surface area contributed by atoms with Crippen LogP contribution in [-0.4, -0.2) is 11.1 Å². The molecular weight excluding hydrogens is 355 g/mol. The summed E-state index contributed by atoms with van der Waals surface area (Å²) in [5, 5.41) is 3.41. The fourth-order valence-electron chi connectivity index (χ4n) is 3.04. The van der Waals surface area contributed by atoms with Crippen molar-refractivity contribution in [3.63, 3.8) is 0 Å². The molecule has 3 aromatic rings. The Hall–Kier alpha value is -2.92. The van der Waals surface area contributed by atoms with Gasteiger partial charge in [0.05, 0.1) is 5.69 Å². The molecule has 0 bridgehead atoms. The van der Waals surface area contributed by atoms with Gasteiger partial charge in [0, 0.05) is 16.8 Å². The Bertz CT molecular complexity index is 962. The molecule has 1 amide bonds. The first kappa shape index (κ1) is 16.5. The number of alkyl carbamates (subject to hydrolysis) is 1. The number of benzene rings is 2. The summed E-state index contributed by atoms with van der Waals surface area (Å²) < 4.78 is 18.6. The lowest BCUT2D eigenvalue weighted by Gasteiger charge is -2.17. The number of amides is 1. The van der Waals surface area contributed by atoms with Gasteiger partial charge in [-0.25, -0.2) is 9.18 Å². The second-order valence-electron chi connectivity index (χ2n) is 5.95. The molecule has 2 heterocycles. The average Bonchev–Trinajstić information content (AvgIpc) is 3.05. The number of nitrogens with one attached hydrogen (secondary N) is 1. The smallest absolute Gasteiger partial charge is 0.408 e. The Balaban J connectivity index is 1.72. The van der Waals surface area contributed by atoms with Crippen LogP contribution in [0.5, 0.6) is 0 Å². The van der Waals surface area contributed by atoms with Gasteiger partial charge in [-0.2, -0.15) is 0 Å². The van der Waals surface area contributed by atoms with Crippen molar-refractivity contribution in [3.05, 3.63) is 89.0 Å². The second-order valence-corrected chi connectivity index (χ2v) is 6.36. The van der Waals surface area contributed by atoms with Gasteiger partial charge in [-0.05, 0) is 41.5 Å². The number of rotatable bonds is 3. The minimum absolute atomic E-state index is 0.346. The van der Waals surface area contributed by atoms with E-state index in [1.54, 1.807) is 18.3 Å². The summed E-state index contributed by atoms with van der Waals surface area (Å²) in [6, 6.07) is 16.6. The van der Waals surface area contributed by atoms with E-state index in [-0.39, 0.29) is 5.82 Å². The highest BCUT2D eigenvalue weighted by molar-refractivity contribution is 6.33. The van der Waals surface area contributed by atoms with Crippen molar-refractivity contribution in [2.75, 3.05) is 0 Å². The third-order valence-corrected chi connectivity index (χ3v) is 4.62. The summed E-state index contributed by atoms with van der Waals surface area (Å²) >= 11 is 6.28. The van der Waals surface area contributed by atoms with Gasteiger partial charge >= 0.3 is 6.09 Å². The lowest BCUT2D eigenvalue weighted by atomic mass is 9.97. The first-order valence-electron chi connectivity index (χ1n) is 8.05. The zero-order valence-electron chi connectivity index (χ0n) is 13.5. The summed E-state index contributed by atoms with van der Waals surface area (Å²) in [4.78, 5) is 16.2. The van der Waals surface area contributed by atoms with Crippen molar-refractivity contribution in [2.45, 2.75) is 12.1 Å². The van der Waals surface area contributed by atoms with Gasteiger partial charge in [0.2, 0.25) is 0 Å². The Morgan fingerprint density at radius 2 is 1.85 bits per heavy atom. The zero-order valence-corrected chi connectivity index (χ0v) is 14.3. The van der Waals surface area contributed by atoms with Crippen molar-refractivity contribution < 1.29 is 13.9 Å². The van der Waals surface area contributed by atoms with Crippen LogP contribution < -0.4 is 5.32 Å². The Morgan fingerprint density at radius 3 is 2.62 bits per heavy atom. The molecule has 1 saturated heterocycles. The summed E-state index contributed by atoms with van der Waals surface area (Å²) in [6.45, 7) is 0. The van der Waals surface area contributed by atoms with Crippen LogP contribution in [0.1, 0.15) is 23.4 Å². The van der Waals surface area contributed by atoms with Crippen LogP contribution in [0.4, 0.5) is 9.18 Å². The molecule has 1 aromatic heterocycles. The molecule has 0 saturated carbocycles. The van der Waals surface area contributed by atoms with Crippen LogP contribution in [0.25, 0.3) is 11.1 Å². The van der Waals surface area contributed by atoms with E-state index in [4.69, 9.17) is 16.3 Å². The molecule has 4 nitrogen and oxygen atoms in total. The van der Waals surface area contributed by atoms with Gasteiger partial charge < -0.3 is 10.1 Å². The maximum Gasteiger partial charge on any atom is 0.408 e. The van der Waals surface area contributed by atoms with Crippen molar-refractivity contribution in [1.29, 1.82) is 0 Å². The van der Waals surface area contributed by atoms with Crippen molar-refractivity contribution in [3.8, 4) is 11.1 Å². The maximum atomic E-state index is 13.2. The number of carbonyl (C=O) groups excluding carboxylic acids is 1. The average molecular weight is 369 g/mol. The van der Waals surface area contributed by atoms with Crippen LogP contribution in [0.3, 0.4) is 0 Å². The molecule has 1 N–H and O–H groups in total. The molecule has 4 rings (SSSR count). The third kappa shape index (κ3) is 3.13.